The SMILES string of the molecule is C=C(C)/C=C\[C-]=CC.CCC.[Sm]. The van der Waals surface area contributed by atoms with E-state index in [1.807, 2.05) is 32.1 Å². The van der Waals surface area contributed by atoms with Crippen molar-refractivity contribution in [3.63, 3.8) is 0 Å². The zero-order valence-corrected chi connectivity index (χ0v) is 11.2. The van der Waals surface area contributed by atoms with Gasteiger partial charge in [-0.2, -0.15) is 6.08 Å². The van der Waals surface area contributed by atoms with Crippen LogP contribution < -0.4 is 0 Å². The van der Waals surface area contributed by atoms with Crippen molar-refractivity contribution in [1.29, 1.82) is 0 Å². The van der Waals surface area contributed by atoms with Crippen molar-refractivity contribution in [2.75, 3.05) is 0 Å². The van der Waals surface area contributed by atoms with Crippen LogP contribution in [0.15, 0.2) is 30.4 Å². The molecule has 1 heteroatoms. The van der Waals surface area contributed by atoms with E-state index >= 15 is 0 Å². The largest absolute Gasteiger partial charge is 0.255 e. The predicted molar refractivity (Wildman–Crippen MR) is 53.4 cm³/mol. The van der Waals surface area contributed by atoms with Crippen LogP contribution in [0.4, 0.5) is 0 Å². The van der Waals surface area contributed by atoms with Gasteiger partial charge < -0.3 is 0 Å². The fourth-order valence-corrected chi connectivity index (χ4v) is 0.287. The second-order valence-electron chi connectivity index (χ2n) is 2.34. The van der Waals surface area contributed by atoms with E-state index in [1.54, 1.807) is 0 Å². The maximum absolute atomic E-state index is 3.69. The van der Waals surface area contributed by atoms with Gasteiger partial charge in [0.25, 0.3) is 0 Å². The van der Waals surface area contributed by atoms with E-state index in [1.165, 1.54) is 6.42 Å². The number of hydrogen-bond acceptors (Lipinski definition) is 0. The molecule has 0 atom stereocenters. The average molecular weight is 302 g/mol. The molecule has 0 fully saturated rings. The van der Waals surface area contributed by atoms with Crippen LogP contribution in [0.1, 0.15) is 34.1 Å². The zero-order chi connectivity index (χ0) is 9.11. The van der Waals surface area contributed by atoms with Gasteiger partial charge in [0.2, 0.25) is 0 Å². The monoisotopic (exact) mass is 303 g/mol. The van der Waals surface area contributed by atoms with Crippen LogP contribution in [0.2, 0.25) is 0 Å². The third-order valence-electron chi connectivity index (χ3n) is 0.631. The van der Waals surface area contributed by atoms with E-state index < -0.39 is 0 Å². The molecule has 0 N–H and O–H groups in total. The van der Waals surface area contributed by atoms with Gasteiger partial charge in [-0.05, 0) is 0 Å². The van der Waals surface area contributed by atoms with Crippen LogP contribution >= 0.6 is 0 Å². The number of hydrogen-bond donors (Lipinski definition) is 0. The first-order chi connectivity index (χ1) is 5.18. The Balaban J connectivity index is -0.000000177. The van der Waals surface area contributed by atoms with E-state index in [0.29, 0.717) is 0 Å². The summed E-state index contributed by atoms with van der Waals surface area (Å²) in [6, 6.07) is 0. The summed E-state index contributed by atoms with van der Waals surface area (Å²) in [4.78, 5) is 0. The molecule has 0 aromatic rings. The van der Waals surface area contributed by atoms with Crippen molar-refractivity contribution in [2.45, 2.75) is 34.1 Å². The van der Waals surface area contributed by atoms with Crippen LogP contribution in [-0.2, 0) is 0 Å². The van der Waals surface area contributed by atoms with E-state index in [2.05, 4.69) is 26.5 Å². The van der Waals surface area contributed by atoms with Crippen LogP contribution in [0, 0.1) is 46.5 Å². The topological polar surface area (TPSA) is 0 Å². The summed E-state index contributed by atoms with van der Waals surface area (Å²) in [5, 5.41) is 0. The Morgan fingerprint density at radius 3 is 2.08 bits per heavy atom. The van der Waals surface area contributed by atoms with Crippen molar-refractivity contribution in [2.24, 2.45) is 0 Å². The van der Waals surface area contributed by atoms with Crippen molar-refractivity contribution in [3.05, 3.63) is 36.5 Å². The van der Waals surface area contributed by atoms with Crippen LogP contribution in [0.3, 0.4) is 0 Å². The van der Waals surface area contributed by atoms with Gasteiger partial charge in [0.15, 0.2) is 0 Å². The Bertz CT molecular complexity index is 132. The molecule has 0 heterocycles. The molecular formula is C11H19Sm-. The summed E-state index contributed by atoms with van der Waals surface area (Å²) in [6.07, 6.45) is 9.79. The normalized spacial score (nSPS) is 9.00. The number of rotatable bonds is 2. The van der Waals surface area contributed by atoms with Crippen molar-refractivity contribution in [1.82, 2.24) is 0 Å². The minimum atomic E-state index is 0. The summed E-state index contributed by atoms with van der Waals surface area (Å²) in [6.45, 7) is 11.8. The fraction of sp³-hybridized carbons (Fsp3) is 0.455. The van der Waals surface area contributed by atoms with E-state index in [4.69, 9.17) is 0 Å². The van der Waals surface area contributed by atoms with E-state index in [0.717, 1.165) is 5.57 Å². The smallest absolute Gasteiger partial charge is 0 e. The molecule has 0 aromatic heterocycles. The molecule has 0 radical (unpaired) electrons. The molecule has 0 aromatic carbocycles. The summed E-state index contributed by atoms with van der Waals surface area (Å²) >= 11 is 0. The summed E-state index contributed by atoms with van der Waals surface area (Å²) in [7, 11) is 0. The molecule has 0 aliphatic rings. The zero-order valence-electron chi connectivity index (χ0n) is 8.55. The quantitative estimate of drug-likeness (QED) is 0.536. The summed E-state index contributed by atoms with van der Waals surface area (Å²) in [5.41, 5.74) is 1.05. The Morgan fingerprint density at radius 2 is 1.83 bits per heavy atom. The van der Waals surface area contributed by atoms with Gasteiger partial charge in [0.1, 0.15) is 0 Å². The molecule has 0 aliphatic heterocycles. The van der Waals surface area contributed by atoms with E-state index in [9.17, 15) is 0 Å². The molecule has 0 rings (SSSR count). The van der Waals surface area contributed by atoms with Gasteiger partial charge >= 0.3 is 0 Å². The molecule has 0 spiro atoms. The molecule has 0 saturated carbocycles. The second-order valence-corrected chi connectivity index (χ2v) is 2.34. The average Bonchev–Trinajstić information content (AvgIpc) is 1.89. The molecule has 0 unspecified atom stereocenters. The van der Waals surface area contributed by atoms with Crippen LogP contribution in [-0.4, -0.2) is 0 Å². The van der Waals surface area contributed by atoms with Gasteiger partial charge in [-0.3, -0.25) is 6.08 Å². The fourth-order valence-electron chi connectivity index (χ4n) is 0.287. The van der Waals surface area contributed by atoms with Crippen LogP contribution in [0.5, 0.6) is 0 Å². The molecular weight excluding hydrogens is 282 g/mol. The molecule has 12 heavy (non-hydrogen) atoms. The minimum Gasteiger partial charge on any atom is -0.255 e. The number of allylic oxidation sites excluding steroid dienone is 5. The van der Waals surface area contributed by atoms with Gasteiger partial charge in [-0.1, -0.05) is 34.1 Å². The van der Waals surface area contributed by atoms with Gasteiger partial charge in [0, 0.05) is 40.4 Å². The molecule has 0 amide bonds. The van der Waals surface area contributed by atoms with Crippen molar-refractivity contribution >= 4 is 0 Å². The Hall–Kier alpha value is 0.558. The summed E-state index contributed by atoms with van der Waals surface area (Å²) < 4.78 is 0. The molecule has 0 aliphatic carbocycles. The standard InChI is InChI=1S/C8H11.C3H8.Sm/c1-4-5-6-7-8(2)3;1-3-2;/h4,6-7H,2H2,1,3H3;3H2,1-2H3;/q-1;;/b7-6-;;. The third-order valence-corrected chi connectivity index (χ3v) is 0.631. The maximum Gasteiger partial charge on any atom is 0 e. The molecule has 70 valence electrons. The maximum atomic E-state index is 3.69. The molecule has 0 bridgehead atoms. The van der Waals surface area contributed by atoms with Gasteiger partial charge in [0.05, 0.1) is 0 Å². The second kappa shape index (κ2) is 17.6. The first kappa shape index (κ1) is 18.4. The third kappa shape index (κ3) is 31.2. The minimum absolute atomic E-state index is 0. The molecule has 0 saturated heterocycles. The molecule has 0 nitrogen and oxygen atoms in total. The predicted octanol–water partition coefficient (Wildman–Crippen LogP) is 3.91. The Labute approximate surface area is 110 Å². The van der Waals surface area contributed by atoms with Crippen molar-refractivity contribution in [3.8, 4) is 0 Å². The van der Waals surface area contributed by atoms with Crippen LogP contribution in [0.25, 0.3) is 0 Å². The first-order valence-corrected chi connectivity index (χ1v) is 4.04. The van der Waals surface area contributed by atoms with Gasteiger partial charge in [-0.15, -0.1) is 12.2 Å². The van der Waals surface area contributed by atoms with Gasteiger partial charge in [-0.25, -0.2) is 12.2 Å². The Kier molecular flexibility index (Phi) is 26.9. The van der Waals surface area contributed by atoms with E-state index in [-0.39, 0.29) is 40.4 Å². The Morgan fingerprint density at radius 1 is 1.42 bits per heavy atom. The summed E-state index contributed by atoms with van der Waals surface area (Å²) in [5.74, 6) is 0. The first-order valence-electron chi connectivity index (χ1n) is 4.04. The van der Waals surface area contributed by atoms with Crippen molar-refractivity contribution < 1.29 is 40.4 Å².